The minimum Gasteiger partial charge on any atom is -0.497 e. The number of benzene rings is 1. The van der Waals surface area contributed by atoms with E-state index in [0.717, 1.165) is 30.6 Å². The van der Waals surface area contributed by atoms with Crippen LogP contribution in [0.1, 0.15) is 63.4 Å². The number of hydrogen-bond acceptors (Lipinski definition) is 5. The number of carbonyl (C=O) groups is 3. The molecule has 4 saturated carbocycles. The van der Waals surface area contributed by atoms with Crippen molar-refractivity contribution in [3.8, 4) is 5.75 Å². The molecule has 1 aromatic rings. The molecule has 0 radical (unpaired) electrons. The maximum atomic E-state index is 13.8. The molecule has 4 amide bonds. The van der Waals surface area contributed by atoms with Gasteiger partial charge in [-0.25, -0.2) is 10.3 Å². The second-order valence-electron chi connectivity index (χ2n) is 10.5. The summed E-state index contributed by atoms with van der Waals surface area (Å²) >= 11 is 0. The zero-order chi connectivity index (χ0) is 23.2. The van der Waals surface area contributed by atoms with Crippen molar-refractivity contribution < 1.29 is 24.3 Å². The van der Waals surface area contributed by atoms with Crippen molar-refractivity contribution in [2.24, 2.45) is 17.8 Å². The molecule has 2 N–H and O–H groups in total. The largest absolute Gasteiger partial charge is 0.497 e. The molecule has 8 heteroatoms. The van der Waals surface area contributed by atoms with E-state index in [1.165, 1.54) is 19.3 Å². The van der Waals surface area contributed by atoms with Crippen LogP contribution in [0.3, 0.4) is 0 Å². The third-order valence-electron chi connectivity index (χ3n) is 8.32. The van der Waals surface area contributed by atoms with Crippen LogP contribution >= 0.6 is 0 Å². The normalized spacial score (nSPS) is 32.5. The van der Waals surface area contributed by atoms with Gasteiger partial charge in [-0.15, -0.1) is 0 Å². The highest BCUT2D eigenvalue weighted by atomic mass is 16.5. The number of hydroxylamine groups is 1. The third kappa shape index (κ3) is 3.98. The Morgan fingerprint density at radius 1 is 1.09 bits per heavy atom. The Hall–Kier alpha value is -2.61. The summed E-state index contributed by atoms with van der Waals surface area (Å²) < 4.78 is 5.24. The molecule has 1 aromatic carbocycles. The number of ether oxygens (including phenoxy) is 1. The Kier molecular flexibility index (Phi) is 5.80. The average Bonchev–Trinajstić information content (AvgIpc) is 3.03. The van der Waals surface area contributed by atoms with Gasteiger partial charge in [-0.1, -0.05) is 12.1 Å². The monoisotopic (exact) mass is 455 g/mol. The van der Waals surface area contributed by atoms with E-state index in [2.05, 4.69) is 0 Å². The van der Waals surface area contributed by atoms with Gasteiger partial charge in [-0.05, 0) is 86.8 Å². The fourth-order valence-corrected chi connectivity index (χ4v) is 7.31. The number of imide groups is 1. The highest BCUT2D eigenvalue weighted by Crippen LogP contribution is 2.58. The Bertz CT molecular complexity index is 895. The standard InChI is InChI=1S/C25H33N3O5/c1-33-20-7-5-16(6-8-20)15-27-21(3-2-4-22(29)26-32)23(30)28(24(27)31)25-12-17-9-18(13-25)11-19(10-17)14-25/h5-8,17-19,21,32H,2-4,9-15H2,1H3,(H,26,29). The molecule has 1 aliphatic heterocycles. The van der Waals surface area contributed by atoms with Crippen molar-refractivity contribution in [3.05, 3.63) is 29.8 Å². The van der Waals surface area contributed by atoms with Crippen LogP contribution in [0.4, 0.5) is 4.79 Å². The third-order valence-corrected chi connectivity index (χ3v) is 8.32. The fourth-order valence-electron chi connectivity index (χ4n) is 7.31. The topological polar surface area (TPSA) is 99.2 Å². The maximum Gasteiger partial charge on any atom is 0.328 e. The first-order valence-electron chi connectivity index (χ1n) is 12.1. The summed E-state index contributed by atoms with van der Waals surface area (Å²) in [5.74, 6) is 2.02. The number of methoxy groups -OCH3 is 1. The Morgan fingerprint density at radius 3 is 2.24 bits per heavy atom. The minimum absolute atomic E-state index is 0.111. The van der Waals surface area contributed by atoms with E-state index >= 15 is 0 Å². The van der Waals surface area contributed by atoms with Crippen LogP contribution in [0.2, 0.25) is 0 Å². The van der Waals surface area contributed by atoms with Gasteiger partial charge in [0.15, 0.2) is 0 Å². The molecule has 1 unspecified atom stereocenters. The summed E-state index contributed by atoms with van der Waals surface area (Å²) in [5.41, 5.74) is 2.24. The van der Waals surface area contributed by atoms with Gasteiger partial charge in [-0.2, -0.15) is 0 Å². The Labute approximate surface area is 194 Å². The quantitative estimate of drug-likeness (QED) is 0.355. The van der Waals surface area contributed by atoms with E-state index in [0.29, 0.717) is 37.1 Å². The molecule has 0 spiro atoms. The minimum atomic E-state index is -0.584. The SMILES string of the molecule is COc1ccc(CN2C(=O)N(C34CC5CC(CC(C5)C3)C4)C(=O)C2CCCC(=O)NO)cc1. The lowest BCUT2D eigenvalue weighted by atomic mass is 9.52. The van der Waals surface area contributed by atoms with Crippen LogP contribution in [0.5, 0.6) is 5.75 Å². The van der Waals surface area contributed by atoms with Crippen molar-refractivity contribution in [1.29, 1.82) is 0 Å². The molecule has 178 valence electrons. The molecule has 1 heterocycles. The molecule has 4 bridgehead atoms. The second kappa shape index (κ2) is 8.63. The number of carbonyl (C=O) groups excluding carboxylic acids is 3. The lowest BCUT2D eigenvalue weighted by Crippen LogP contribution is -2.62. The number of hydrogen-bond donors (Lipinski definition) is 2. The van der Waals surface area contributed by atoms with E-state index in [9.17, 15) is 14.4 Å². The first-order valence-corrected chi connectivity index (χ1v) is 12.1. The molecule has 4 aliphatic carbocycles. The summed E-state index contributed by atoms with van der Waals surface area (Å²) in [5, 5.41) is 8.80. The Morgan fingerprint density at radius 2 is 1.70 bits per heavy atom. The predicted molar refractivity (Wildman–Crippen MR) is 119 cm³/mol. The van der Waals surface area contributed by atoms with Crippen LogP contribution in [-0.4, -0.2) is 51.5 Å². The first kappa shape index (κ1) is 22.2. The molecular weight excluding hydrogens is 422 g/mol. The van der Waals surface area contributed by atoms with Gasteiger partial charge >= 0.3 is 6.03 Å². The van der Waals surface area contributed by atoms with Crippen molar-refractivity contribution in [2.75, 3.05) is 7.11 Å². The van der Waals surface area contributed by atoms with Crippen LogP contribution in [-0.2, 0) is 16.1 Å². The molecule has 0 aromatic heterocycles. The molecule has 1 saturated heterocycles. The van der Waals surface area contributed by atoms with Crippen LogP contribution in [0.15, 0.2) is 24.3 Å². The molecule has 33 heavy (non-hydrogen) atoms. The van der Waals surface area contributed by atoms with Crippen molar-refractivity contribution in [1.82, 2.24) is 15.3 Å². The highest BCUT2D eigenvalue weighted by Gasteiger charge is 2.60. The van der Waals surface area contributed by atoms with Crippen molar-refractivity contribution in [2.45, 2.75) is 75.9 Å². The average molecular weight is 456 g/mol. The van der Waals surface area contributed by atoms with Crippen LogP contribution < -0.4 is 10.2 Å². The molecule has 8 nitrogen and oxygen atoms in total. The van der Waals surface area contributed by atoms with Gasteiger partial charge in [0, 0.05) is 13.0 Å². The number of nitrogens with one attached hydrogen (secondary N) is 1. The second-order valence-corrected chi connectivity index (χ2v) is 10.5. The predicted octanol–water partition coefficient (Wildman–Crippen LogP) is 3.47. The molecule has 5 aliphatic rings. The van der Waals surface area contributed by atoms with Crippen molar-refractivity contribution >= 4 is 17.8 Å². The van der Waals surface area contributed by atoms with E-state index in [1.807, 2.05) is 24.3 Å². The van der Waals surface area contributed by atoms with Gasteiger partial charge in [0.2, 0.25) is 5.91 Å². The highest BCUT2D eigenvalue weighted by molar-refractivity contribution is 6.05. The van der Waals surface area contributed by atoms with Crippen LogP contribution in [0, 0.1) is 17.8 Å². The van der Waals surface area contributed by atoms with Gasteiger partial charge in [0.05, 0.1) is 12.6 Å². The number of nitrogens with zero attached hydrogens (tertiary/aromatic N) is 2. The summed E-state index contributed by atoms with van der Waals surface area (Å²) in [6.07, 6.45) is 7.47. The maximum absolute atomic E-state index is 13.8. The molecular formula is C25H33N3O5. The lowest BCUT2D eigenvalue weighted by Gasteiger charge is -2.58. The summed E-state index contributed by atoms with van der Waals surface area (Å²) in [6, 6.07) is 6.78. The van der Waals surface area contributed by atoms with Gasteiger partial charge in [0.1, 0.15) is 11.8 Å². The fraction of sp³-hybridized carbons (Fsp3) is 0.640. The molecule has 1 atom stereocenters. The van der Waals surface area contributed by atoms with E-state index in [4.69, 9.17) is 9.94 Å². The summed E-state index contributed by atoms with van der Waals surface area (Å²) in [6.45, 7) is 0.342. The van der Waals surface area contributed by atoms with Crippen molar-refractivity contribution in [3.63, 3.8) is 0 Å². The van der Waals surface area contributed by atoms with E-state index in [-0.39, 0.29) is 23.9 Å². The van der Waals surface area contributed by atoms with Crippen LogP contribution in [0.25, 0.3) is 0 Å². The number of rotatable bonds is 8. The Balaban J connectivity index is 1.40. The van der Waals surface area contributed by atoms with Gasteiger partial charge < -0.3 is 9.64 Å². The molecule has 5 fully saturated rings. The van der Waals surface area contributed by atoms with E-state index in [1.54, 1.807) is 22.4 Å². The lowest BCUT2D eigenvalue weighted by molar-refractivity contribution is -0.141. The zero-order valence-corrected chi connectivity index (χ0v) is 19.2. The van der Waals surface area contributed by atoms with Gasteiger partial charge in [0.25, 0.3) is 5.91 Å². The summed E-state index contributed by atoms with van der Waals surface area (Å²) in [7, 11) is 1.61. The summed E-state index contributed by atoms with van der Waals surface area (Å²) in [4.78, 5) is 42.4. The first-order chi connectivity index (χ1) is 15.9. The molecule has 6 rings (SSSR count). The van der Waals surface area contributed by atoms with E-state index < -0.39 is 11.9 Å². The zero-order valence-electron chi connectivity index (χ0n) is 19.2. The number of amides is 4. The van der Waals surface area contributed by atoms with Gasteiger partial charge in [-0.3, -0.25) is 19.7 Å². The number of urea groups is 1. The smallest absolute Gasteiger partial charge is 0.328 e.